The van der Waals surface area contributed by atoms with E-state index in [9.17, 15) is 0 Å². The van der Waals surface area contributed by atoms with Gasteiger partial charge >= 0.3 is 0 Å². The summed E-state index contributed by atoms with van der Waals surface area (Å²) in [6, 6.07) is 49.8. The lowest BCUT2D eigenvalue weighted by atomic mass is 9.90. The molecule has 0 saturated carbocycles. The Labute approximate surface area is 232 Å². The second-order valence-electron chi connectivity index (χ2n) is 10.3. The largest absolute Gasteiger partial charge is 0.254 e. The lowest BCUT2D eigenvalue weighted by Gasteiger charge is -2.15. The van der Waals surface area contributed by atoms with Crippen LogP contribution in [0.1, 0.15) is 0 Å². The van der Waals surface area contributed by atoms with Crippen LogP contribution in [0.5, 0.6) is 0 Å². The number of rotatable bonds is 3. The van der Waals surface area contributed by atoms with Crippen molar-refractivity contribution in [1.29, 1.82) is 0 Å². The zero-order valence-corrected chi connectivity index (χ0v) is 21.8. The molecule has 0 bridgehead atoms. The molecule has 8 rings (SSSR count). The number of benzene rings is 6. The van der Waals surface area contributed by atoms with Gasteiger partial charge in [-0.1, -0.05) is 103 Å². The van der Waals surface area contributed by atoms with Crippen molar-refractivity contribution in [2.75, 3.05) is 0 Å². The van der Waals surface area contributed by atoms with Crippen molar-refractivity contribution in [1.82, 2.24) is 9.97 Å². The minimum Gasteiger partial charge on any atom is -0.254 e. The van der Waals surface area contributed by atoms with Crippen LogP contribution in [0.4, 0.5) is 0 Å². The van der Waals surface area contributed by atoms with E-state index in [1.165, 1.54) is 43.8 Å². The number of aromatic nitrogens is 2. The molecular formula is C38H24N2. The lowest BCUT2D eigenvalue weighted by molar-refractivity contribution is 1.37. The highest BCUT2D eigenvalue weighted by molar-refractivity contribution is 6.14. The highest BCUT2D eigenvalue weighted by atomic mass is 14.7. The Balaban J connectivity index is 1.42. The highest BCUT2D eigenvalue weighted by Crippen LogP contribution is 2.39. The molecule has 0 unspecified atom stereocenters. The Kier molecular flexibility index (Phi) is 5.17. The maximum atomic E-state index is 5.19. The summed E-state index contributed by atoms with van der Waals surface area (Å²) in [5.74, 6) is 0. The quantitative estimate of drug-likeness (QED) is 0.222. The Morgan fingerprint density at radius 1 is 0.375 bits per heavy atom. The summed E-state index contributed by atoms with van der Waals surface area (Å²) in [6.45, 7) is 0. The Morgan fingerprint density at radius 3 is 1.90 bits per heavy atom. The molecule has 0 aliphatic rings. The predicted octanol–water partition coefficient (Wildman–Crippen LogP) is 10.1. The average molecular weight is 509 g/mol. The van der Waals surface area contributed by atoms with Gasteiger partial charge in [0.15, 0.2) is 0 Å². The molecule has 0 N–H and O–H groups in total. The van der Waals surface area contributed by atoms with Crippen molar-refractivity contribution in [2.24, 2.45) is 0 Å². The zero-order chi connectivity index (χ0) is 26.5. The van der Waals surface area contributed by atoms with E-state index in [0.717, 1.165) is 33.1 Å². The second kappa shape index (κ2) is 9.14. The summed E-state index contributed by atoms with van der Waals surface area (Å²) in [6.07, 6.45) is 1.84. The van der Waals surface area contributed by atoms with E-state index in [-0.39, 0.29) is 0 Å². The Hall–Kier alpha value is -5.34. The normalized spacial score (nSPS) is 11.5. The van der Waals surface area contributed by atoms with Gasteiger partial charge in [0.25, 0.3) is 0 Å². The van der Waals surface area contributed by atoms with Crippen LogP contribution >= 0.6 is 0 Å². The lowest BCUT2D eigenvalue weighted by Crippen LogP contribution is -1.91. The fourth-order valence-corrected chi connectivity index (χ4v) is 5.91. The molecule has 0 atom stereocenters. The summed E-state index contributed by atoms with van der Waals surface area (Å²) in [7, 11) is 0. The van der Waals surface area contributed by atoms with Gasteiger partial charge in [-0.15, -0.1) is 0 Å². The molecular weight excluding hydrogens is 484 g/mol. The highest BCUT2D eigenvalue weighted by Gasteiger charge is 2.13. The fraction of sp³-hybridized carbons (Fsp3) is 0. The van der Waals surface area contributed by atoms with Crippen molar-refractivity contribution >= 4 is 43.4 Å². The van der Waals surface area contributed by atoms with Gasteiger partial charge in [-0.2, -0.15) is 0 Å². The third-order valence-electron chi connectivity index (χ3n) is 7.85. The summed E-state index contributed by atoms with van der Waals surface area (Å²) < 4.78 is 0. The maximum absolute atomic E-state index is 5.19. The molecule has 40 heavy (non-hydrogen) atoms. The molecule has 8 aromatic rings. The minimum absolute atomic E-state index is 0.929. The molecule has 6 aromatic carbocycles. The molecule has 2 nitrogen and oxygen atoms in total. The van der Waals surface area contributed by atoms with Crippen LogP contribution in [0.25, 0.3) is 76.9 Å². The van der Waals surface area contributed by atoms with Gasteiger partial charge < -0.3 is 0 Å². The van der Waals surface area contributed by atoms with E-state index in [1.807, 2.05) is 12.3 Å². The van der Waals surface area contributed by atoms with Gasteiger partial charge in [0, 0.05) is 22.5 Å². The van der Waals surface area contributed by atoms with E-state index in [2.05, 4.69) is 138 Å². The van der Waals surface area contributed by atoms with E-state index < -0.39 is 0 Å². The first-order chi connectivity index (χ1) is 19.8. The van der Waals surface area contributed by atoms with Crippen molar-refractivity contribution in [3.05, 3.63) is 146 Å². The maximum Gasteiger partial charge on any atom is 0.0972 e. The standard InChI is InChI=1S/C38H24N2/c1-2-9-25(10-3-1)29-21-30(35-24-28-11-4-5-13-32(28)33-14-6-7-15-34(33)35)23-31(22-29)36-19-18-27-17-16-26-12-8-20-39-37(26)38(27)40-36/h1-24H. The summed E-state index contributed by atoms with van der Waals surface area (Å²) in [4.78, 5) is 9.87. The van der Waals surface area contributed by atoms with Crippen LogP contribution in [0.3, 0.4) is 0 Å². The molecule has 186 valence electrons. The van der Waals surface area contributed by atoms with Gasteiger partial charge in [0.1, 0.15) is 0 Å². The van der Waals surface area contributed by atoms with E-state index >= 15 is 0 Å². The zero-order valence-electron chi connectivity index (χ0n) is 21.8. The molecule has 0 radical (unpaired) electrons. The van der Waals surface area contributed by atoms with Crippen LogP contribution in [0.15, 0.2) is 146 Å². The van der Waals surface area contributed by atoms with Crippen molar-refractivity contribution in [3.8, 4) is 33.5 Å². The third kappa shape index (κ3) is 3.73. The number of fused-ring (bicyclic) bond motifs is 6. The minimum atomic E-state index is 0.929. The van der Waals surface area contributed by atoms with Gasteiger partial charge in [-0.25, -0.2) is 4.98 Å². The fourth-order valence-electron chi connectivity index (χ4n) is 5.91. The smallest absolute Gasteiger partial charge is 0.0972 e. The van der Waals surface area contributed by atoms with Crippen molar-refractivity contribution < 1.29 is 0 Å². The average Bonchev–Trinajstić information content (AvgIpc) is 3.04. The molecule has 2 aromatic heterocycles. The first-order valence-corrected chi connectivity index (χ1v) is 13.6. The van der Waals surface area contributed by atoms with Gasteiger partial charge in [0.2, 0.25) is 0 Å². The van der Waals surface area contributed by atoms with Crippen molar-refractivity contribution in [3.63, 3.8) is 0 Å². The topological polar surface area (TPSA) is 25.8 Å². The molecule has 0 fully saturated rings. The third-order valence-corrected chi connectivity index (χ3v) is 7.85. The monoisotopic (exact) mass is 508 g/mol. The van der Waals surface area contributed by atoms with E-state index in [4.69, 9.17) is 4.98 Å². The molecule has 0 spiro atoms. The molecule has 0 saturated heterocycles. The van der Waals surface area contributed by atoms with Crippen LogP contribution in [-0.2, 0) is 0 Å². The Bertz CT molecular complexity index is 2210. The SMILES string of the molecule is c1ccc(-c2cc(-c3ccc4ccc5cccnc5c4n3)cc(-c3cc4ccccc4c4ccccc34)c2)cc1. The molecule has 0 aliphatic heterocycles. The van der Waals surface area contributed by atoms with Gasteiger partial charge in [0.05, 0.1) is 16.7 Å². The number of pyridine rings is 2. The number of hydrogen-bond donors (Lipinski definition) is 0. The van der Waals surface area contributed by atoms with Crippen LogP contribution in [0, 0.1) is 0 Å². The van der Waals surface area contributed by atoms with Crippen molar-refractivity contribution in [2.45, 2.75) is 0 Å². The van der Waals surface area contributed by atoms with E-state index in [0.29, 0.717) is 0 Å². The van der Waals surface area contributed by atoms with Gasteiger partial charge in [-0.05, 0) is 80.2 Å². The van der Waals surface area contributed by atoms with Crippen LogP contribution < -0.4 is 0 Å². The van der Waals surface area contributed by atoms with Crippen LogP contribution in [0.2, 0.25) is 0 Å². The molecule has 2 heterocycles. The second-order valence-corrected chi connectivity index (χ2v) is 10.3. The summed E-state index contributed by atoms with van der Waals surface area (Å²) in [5.41, 5.74) is 8.64. The summed E-state index contributed by atoms with van der Waals surface area (Å²) >= 11 is 0. The number of nitrogens with zero attached hydrogens (tertiary/aromatic N) is 2. The first-order valence-electron chi connectivity index (χ1n) is 13.6. The number of hydrogen-bond acceptors (Lipinski definition) is 2. The van der Waals surface area contributed by atoms with E-state index in [1.54, 1.807) is 0 Å². The summed E-state index contributed by atoms with van der Waals surface area (Å²) in [5, 5.41) is 7.22. The predicted molar refractivity (Wildman–Crippen MR) is 168 cm³/mol. The van der Waals surface area contributed by atoms with Gasteiger partial charge in [-0.3, -0.25) is 4.98 Å². The molecule has 2 heteroatoms. The molecule has 0 aliphatic carbocycles. The Morgan fingerprint density at radius 2 is 1.02 bits per heavy atom. The first kappa shape index (κ1) is 22.6. The van der Waals surface area contributed by atoms with Crippen LogP contribution in [-0.4, -0.2) is 9.97 Å². The molecule has 0 amide bonds.